The topological polar surface area (TPSA) is 69.7 Å². The van der Waals surface area contributed by atoms with Gasteiger partial charge in [-0.25, -0.2) is 0 Å². The van der Waals surface area contributed by atoms with Crippen LogP contribution in [-0.2, 0) is 9.59 Å². The first-order chi connectivity index (χ1) is 17.0. The standard InChI is InChI=1S/C29H35N3O3S/c1-7-11-32-24-13-19(3)21(14-23(24)20(4)16-29(32,5)6)15-25-27(34)31(28(35)36-25)17-26(33)30-22-10-8-9-18(2)12-22/h8-10,12-15,20H,7,11,16-17H2,1-6H3,(H,30,33)/b25-15+. The molecule has 0 saturated carbocycles. The number of nitrogens with zero attached hydrogens (tertiary/aromatic N) is 2. The highest BCUT2D eigenvalue weighted by molar-refractivity contribution is 8.18. The van der Waals surface area contributed by atoms with Crippen LogP contribution < -0.4 is 10.2 Å². The van der Waals surface area contributed by atoms with Crippen molar-refractivity contribution in [2.75, 3.05) is 23.3 Å². The third kappa shape index (κ3) is 5.21. The molecule has 1 saturated heterocycles. The molecule has 2 aliphatic rings. The van der Waals surface area contributed by atoms with Gasteiger partial charge in [0.15, 0.2) is 0 Å². The number of anilines is 2. The Morgan fingerprint density at radius 1 is 1.19 bits per heavy atom. The zero-order valence-corrected chi connectivity index (χ0v) is 22.8. The van der Waals surface area contributed by atoms with Crippen LogP contribution in [0.5, 0.6) is 0 Å². The molecule has 2 heterocycles. The van der Waals surface area contributed by atoms with E-state index >= 15 is 0 Å². The fourth-order valence-electron chi connectivity index (χ4n) is 5.30. The maximum Gasteiger partial charge on any atom is 0.294 e. The van der Waals surface area contributed by atoms with Gasteiger partial charge >= 0.3 is 0 Å². The number of hydrogen-bond acceptors (Lipinski definition) is 5. The van der Waals surface area contributed by atoms with Gasteiger partial charge in [-0.2, -0.15) is 0 Å². The molecule has 1 N–H and O–H groups in total. The molecule has 1 atom stereocenters. The summed E-state index contributed by atoms with van der Waals surface area (Å²) in [5.74, 6) is -0.443. The number of carbonyl (C=O) groups is 3. The van der Waals surface area contributed by atoms with Crippen molar-refractivity contribution in [3.8, 4) is 0 Å². The van der Waals surface area contributed by atoms with E-state index in [1.807, 2.05) is 32.0 Å². The second kappa shape index (κ2) is 10.1. The molecule has 36 heavy (non-hydrogen) atoms. The van der Waals surface area contributed by atoms with E-state index in [-0.39, 0.29) is 12.1 Å². The van der Waals surface area contributed by atoms with Crippen molar-refractivity contribution in [3.05, 3.63) is 63.6 Å². The number of amides is 3. The van der Waals surface area contributed by atoms with Gasteiger partial charge in [0.1, 0.15) is 6.54 Å². The molecule has 0 aliphatic carbocycles. The van der Waals surface area contributed by atoms with Gasteiger partial charge in [0.25, 0.3) is 11.1 Å². The molecule has 2 aliphatic heterocycles. The summed E-state index contributed by atoms with van der Waals surface area (Å²) in [6, 6.07) is 11.8. The molecule has 1 unspecified atom stereocenters. The van der Waals surface area contributed by atoms with Crippen molar-refractivity contribution in [1.82, 2.24) is 4.90 Å². The molecule has 4 rings (SSSR count). The quantitative estimate of drug-likeness (QED) is 0.455. The van der Waals surface area contributed by atoms with E-state index in [0.29, 0.717) is 16.5 Å². The summed E-state index contributed by atoms with van der Waals surface area (Å²) in [4.78, 5) is 42.1. The third-order valence-corrected chi connectivity index (χ3v) is 7.89. The minimum atomic E-state index is -0.427. The summed E-state index contributed by atoms with van der Waals surface area (Å²) in [5, 5.41) is 2.34. The molecule has 1 fully saturated rings. The largest absolute Gasteiger partial charge is 0.366 e. The first-order valence-electron chi connectivity index (χ1n) is 12.5. The lowest BCUT2D eigenvalue weighted by molar-refractivity contribution is -0.127. The first kappa shape index (κ1) is 26.0. The highest BCUT2D eigenvalue weighted by Gasteiger charge is 2.38. The van der Waals surface area contributed by atoms with Crippen LogP contribution >= 0.6 is 11.8 Å². The molecule has 0 spiro atoms. The minimum absolute atomic E-state index is 0.0814. The maximum atomic E-state index is 13.1. The summed E-state index contributed by atoms with van der Waals surface area (Å²) in [6.07, 6.45) is 3.92. The van der Waals surface area contributed by atoms with Crippen LogP contribution in [0.15, 0.2) is 41.3 Å². The summed E-state index contributed by atoms with van der Waals surface area (Å²) in [6.45, 7) is 13.7. The van der Waals surface area contributed by atoms with Crippen molar-refractivity contribution in [3.63, 3.8) is 0 Å². The number of imide groups is 1. The van der Waals surface area contributed by atoms with Crippen LogP contribution in [0.3, 0.4) is 0 Å². The van der Waals surface area contributed by atoms with E-state index in [2.05, 4.69) is 50.0 Å². The van der Waals surface area contributed by atoms with Crippen molar-refractivity contribution in [2.45, 2.75) is 65.8 Å². The smallest absolute Gasteiger partial charge is 0.294 e. The Hall–Kier alpha value is -3.06. The molecule has 7 heteroatoms. The van der Waals surface area contributed by atoms with E-state index in [1.165, 1.54) is 11.3 Å². The Labute approximate surface area is 218 Å². The molecule has 2 aromatic carbocycles. The van der Waals surface area contributed by atoms with Crippen LogP contribution in [0.25, 0.3) is 6.08 Å². The van der Waals surface area contributed by atoms with Crippen molar-refractivity contribution < 1.29 is 14.4 Å². The zero-order chi connectivity index (χ0) is 26.2. The van der Waals surface area contributed by atoms with Crippen LogP contribution in [0.2, 0.25) is 0 Å². The molecule has 190 valence electrons. The van der Waals surface area contributed by atoms with Crippen LogP contribution in [-0.4, -0.2) is 40.6 Å². The fraction of sp³-hybridized carbons (Fsp3) is 0.414. The van der Waals surface area contributed by atoms with Gasteiger partial charge in [-0.1, -0.05) is 26.0 Å². The number of fused-ring (bicyclic) bond motifs is 1. The maximum absolute atomic E-state index is 13.1. The zero-order valence-electron chi connectivity index (χ0n) is 22.0. The number of thioether (sulfide) groups is 1. The molecular weight excluding hydrogens is 470 g/mol. The van der Waals surface area contributed by atoms with E-state index < -0.39 is 17.1 Å². The van der Waals surface area contributed by atoms with Crippen LogP contribution in [0.4, 0.5) is 16.2 Å². The van der Waals surface area contributed by atoms with Gasteiger partial charge in [-0.15, -0.1) is 0 Å². The molecule has 0 bridgehead atoms. The Morgan fingerprint density at radius 3 is 2.64 bits per heavy atom. The Kier molecular flexibility index (Phi) is 7.32. The molecule has 2 aromatic rings. The number of aryl methyl sites for hydroxylation is 2. The normalized spacial score (nSPS) is 20.2. The van der Waals surface area contributed by atoms with Crippen LogP contribution in [0, 0.1) is 13.8 Å². The number of benzene rings is 2. The average molecular weight is 506 g/mol. The highest BCUT2D eigenvalue weighted by Crippen LogP contribution is 2.45. The van der Waals surface area contributed by atoms with Gasteiger partial charge in [0.05, 0.1) is 4.91 Å². The van der Waals surface area contributed by atoms with Gasteiger partial charge in [0, 0.05) is 23.5 Å². The Morgan fingerprint density at radius 2 is 1.94 bits per heavy atom. The fourth-order valence-corrected chi connectivity index (χ4v) is 6.13. The predicted molar refractivity (Wildman–Crippen MR) is 148 cm³/mol. The monoisotopic (exact) mass is 505 g/mol. The molecule has 0 aromatic heterocycles. The number of rotatable bonds is 6. The SMILES string of the molecule is CCCN1c2cc(C)c(/C=C3/SC(=O)N(CC(=O)Nc4cccc(C)c4)C3=O)cc2C(C)CC1(C)C. The van der Waals surface area contributed by atoms with E-state index in [0.717, 1.165) is 52.7 Å². The third-order valence-electron chi connectivity index (χ3n) is 6.98. The average Bonchev–Trinajstić information content (AvgIpc) is 3.04. The molecule has 6 nitrogen and oxygen atoms in total. The van der Waals surface area contributed by atoms with Crippen molar-refractivity contribution in [2.24, 2.45) is 0 Å². The lowest BCUT2D eigenvalue weighted by Gasteiger charge is -2.48. The van der Waals surface area contributed by atoms with Crippen molar-refractivity contribution >= 4 is 46.3 Å². The highest BCUT2D eigenvalue weighted by atomic mass is 32.2. The minimum Gasteiger partial charge on any atom is -0.366 e. The second-order valence-electron chi connectivity index (χ2n) is 10.5. The Bertz CT molecular complexity index is 1250. The Balaban J connectivity index is 1.56. The summed E-state index contributed by atoms with van der Waals surface area (Å²) in [5.41, 5.74) is 6.26. The second-order valence-corrected chi connectivity index (χ2v) is 11.5. The predicted octanol–water partition coefficient (Wildman–Crippen LogP) is 6.48. The van der Waals surface area contributed by atoms with Crippen LogP contribution in [0.1, 0.15) is 68.7 Å². The number of nitrogens with one attached hydrogen (secondary N) is 1. The molecule has 3 amide bonds. The lowest BCUT2D eigenvalue weighted by Crippen LogP contribution is -2.48. The lowest BCUT2D eigenvalue weighted by atomic mass is 9.79. The first-order valence-corrected chi connectivity index (χ1v) is 13.4. The van der Waals surface area contributed by atoms with E-state index in [4.69, 9.17) is 0 Å². The van der Waals surface area contributed by atoms with Gasteiger partial charge in [-0.05, 0) is 111 Å². The summed E-state index contributed by atoms with van der Waals surface area (Å²) >= 11 is 0.891. The van der Waals surface area contributed by atoms with E-state index in [9.17, 15) is 14.4 Å². The van der Waals surface area contributed by atoms with Crippen molar-refractivity contribution in [1.29, 1.82) is 0 Å². The van der Waals surface area contributed by atoms with Gasteiger partial charge in [0.2, 0.25) is 5.91 Å². The van der Waals surface area contributed by atoms with Gasteiger partial charge < -0.3 is 10.2 Å². The van der Waals surface area contributed by atoms with E-state index in [1.54, 1.807) is 12.1 Å². The number of carbonyl (C=O) groups excluding carboxylic acids is 3. The number of hydrogen-bond donors (Lipinski definition) is 1. The summed E-state index contributed by atoms with van der Waals surface area (Å²) in [7, 11) is 0. The molecule has 0 radical (unpaired) electrons. The van der Waals surface area contributed by atoms with Gasteiger partial charge in [-0.3, -0.25) is 19.3 Å². The summed E-state index contributed by atoms with van der Waals surface area (Å²) < 4.78 is 0. The molecular formula is C29H35N3O3S.